The minimum atomic E-state index is -0.178. The van der Waals surface area contributed by atoms with Crippen LogP contribution in [0.3, 0.4) is 0 Å². The molecule has 128 valence electrons. The van der Waals surface area contributed by atoms with Crippen molar-refractivity contribution >= 4 is 5.91 Å². The molecule has 1 atom stereocenters. The average Bonchev–Trinajstić information content (AvgIpc) is 2.53. The van der Waals surface area contributed by atoms with Gasteiger partial charge in [0.2, 0.25) is 5.91 Å². The van der Waals surface area contributed by atoms with E-state index in [1.165, 1.54) is 6.07 Å². The average molecular weight is 322 g/mol. The summed E-state index contributed by atoms with van der Waals surface area (Å²) >= 11 is 0. The van der Waals surface area contributed by atoms with E-state index in [1.807, 2.05) is 6.07 Å². The Bertz CT molecular complexity index is 508. The Hall–Kier alpha value is -1.46. The van der Waals surface area contributed by atoms with Gasteiger partial charge in [0.25, 0.3) is 0 Å². The van der Waals surface area contributed by atoms with Crippen LogP contribution in [0.2, 0.25) is 0 Å². The molecule has 23 heavy (non-hydrogen) atoms. The van der Waals surface area contributed by atoms with Crippen LogP contribution in [0.4, 0.5) is 4.39 Å². The topological polar surface area (TPSA) is 41.6 Å². The third-order valence-corrected chi connectivity index (χ3v) is 4.22. The van der Waals surface area contributed by atoms with E-state index in [-0.39, 0.29) is 17.8 Å². The molecule has 0 radical (unpaired) electrons. The fourth-order valence-corrected chi connectivity index (χ4v) is 2.82. The second kappa shape index (κ2) is 8.99. The maximum absolute atomic E-state index is 13.5. The number of nitrogens with one attached hydrogen (secondary N) is 1. The summed E-state index contributed by atoms with van der Waals surface area (Å²) < 4.78 is 19.1. The first-order valence-corrected chi connectivity index (χ1v) is 8.42. The second-order valence-corrected chi connectivity index (χ2v) is 6.33. The van der Waals surface area contributed by atoms with Crippen molar-refractivity contribution in [2.75, 3.05) is 26.2 Å². The quantitative estimate of drug-likeness (QED) is 0.784. The number of rotatable bonds is 7. The lowest BCUT2D eigenvalue weighted by atomic mass is 10.1. The van der Waals surface area contributed by atoms with Crippen molar-refractivity contribution < 1.29 is 13.9 Å². The lowest BCUT2D eigenvalue weighted by molar-refractivity contribution is -0.126. The number of carbonyl (C=O) groups excluding carboxylic acids is 1. The van der Waals surface area contributed by atoms with E-state index in [1.54, 1.807) is 12.1 Å². The fraction of sp³-hybridized carbons (Fsp3) is 0.611. The zero-order valence-corrected chi connectivity index (χ0v) is 14.1. The largest absolute Gasteiger partial charge is 0.375 e. The van der Waals surface area contributed by atoms with Gasteiger partial charge >= 0.3 is 0 Å². The molecule has 1 amide bonds. The lowest BCUT2D eigenvalue weighted by Gasteiger charge is -2.35. The lowest BCUT2D eigenvalue weighted by Crippen LogP contribution is -2.47. The van der Waals surface area contributed by atoms with Gasteiger partial charge in [0.1, 0.15) is 5.82 Å². The molecule has 5 heteroatoms. The number of amides is 1. The molecule has 0 aromatic heterocycles. The fourth-order valence-electron chi connectivity index (χ4n) is 2.82. The molecule has 0 spiro atoms. The maximum Gasteiger partial charge on any atom is 0.222 e. The van der Waals surface area contributed by atoms with Gasteiger partial charge in [-0.05, 0) is 38.3 Å². The molecule has 1 fully saturated rings. The van der Waals surface area contributed by atoms with Crippen LogP contribution >= 0.6 is 0 Å². The van der Waals surface area contributed by atoms with Crippen molar-refractivity contribution in [3.05, 3.63) is 35.6 Å². The number of nitrogens with zero attached hydrogens (tertiary/aromatic N) is 1. The molecule has 1 aliphatic heterocycles. The van der Waals surface area contributed by atoms with Gasteiger partial charge in [0.05, 0.1) is 19.1 Å². The Kier molecular flexibility index (Phi) is 6.99. The normalized spacial score (nSPS) is 19.0. The summed E-state index contributed by atoms with van der Waals surface area (Å²) in [5.41, 5.74) is 0.699. The van der Waals surface area contributed by atoms with Crippen LogP contribution in [0.25, 0.3) is 0 Å². The molecule has 1 saturated heterocycles. The number of halogens is 1. The molecule has 0 bridgehead atoms. The number of carbonyl (C=O) groups is 1. The summed E-state index contributed by atoms with van der Waals surface area (Å²) in [6.07, 6.45) is 1.73. The highest BCUT2D eigenvalue weighted by Crippen LogP contribution is 2.12. The number of hydrogen-bond donors (Lipinski definition) is 1. The summed E-state index contributed by atoms with van der Waals surface area (Å²) in [6.45, 7) is 7.30. The zero-order chi connectivity index (χ0) is 16.7. The minimum absolute atomic E-state index is 0.00846. The smallest absolute Gasteiger partial charge is 0.222 e. The Morgan fingerprint density at radius 1 is 1.43 bits per heavy atom. The molecule has 1 aromatic rings. The summed E-state index contributed by atoms with van der Waals surface area (Å²) in [5, 5.41) is 2.90. The monoisotopic (exact) mass is 322 g/mol. The van der Waals surface area contributed by atoms with E-state index in [2.05, 4.69) is 24.1 Å². The molecule has 2 rings (SSSR count). The number of aryl methyl sites for hydroxylation is 1. The van der Waals surface area contributed by atoms with Crippen LogP contribution in [0.5, 0.6) is 0 Å². The number of ether oxygens (including phenoxy) is 1. The predicted octanol–water partition coefficient (Wildman–Crippen LogP) is 2.37. The van der Waals surface area contributed by atoms with Gasteiger partial charge in [0.15, 0.2) is 0 Å². The SMILES string of the molecule is CC(C)N1CCO[C@H](CC(=O)NCCCc2ccccc2F)C1. The Morgan fingerprint density at radius 2 is 2.22 bits per heavy atom. The van der Waals surface area contributed by atoms with Crippen molar-refractivity contribution in [2.45, 2.75) is 45.3 Å². The first-order valence-electron chi connectivity index (χ1n) is 8.42. The number of hydrogen-bond acceptors (Lipinski definition) is 3. The maximum atomic E-state index is 13.5. The molecular weight excluding hydrogens is 295 g/mol. The van der Waals surface area contributed by atoms with Crippen LogP contribution in [0.1, 0.15) is 32.3 Å². The van der Waals surface area contributed by atoms with E-state index < -0.39 is 0 Å². The standard InChI is InChI=1S/C18H27FN2O2/c1-14(2)21-10-11-23-16(13-21)12-18(22)20-9-5-7-15-6-3-4-8-17(15)19/h3-4,6,8,14,16H,5,7,9-13H2,1-2H3,(H,20,22)/t16-/m1/s1. The highest BCUT2D eigenvalue weighted by molar-refractivity contribution is 5.76. The Morgan fingerprint density at radius 3 is 2.96 bits per heavy atom. The van der Waals surface area contributed by atoms with Crippen molar-refractivity contribution in [3.8, 4) is 0 Å². The van der Waals surface area contributed by atoms with E-state index in [0.717, 1.165) is 19.5 Å². The molecule has 1 heterocycles. The highest BCUT2D eigenvalue weighted by Gasteiger charge is 2.24. The van der Waals surface area contributed by atoms with Gasteiger partial charge in [-0.2, -0.15) is 0 Å². The first-order chi connectivity index (χ1) is 11.1. The van der Waals surface area contributed by atoms with Crippen LogP contribution < -0.4 is 5.32 Å². The summed E-state index contributed by atoms with van der Waals surface area (Å²) in [6, 6.07) is 7.25. The van der Waals surface area contributed by atoms with Crippen LogP contribution in [0.15, 0.2) is 24.3 Å². The summed E-state index contributed by atoms with van der Waals surface area (Å²) in [4.78, 5) is 14.3. The zero-order valence-electron chi connectivity index (χ0n) is 14.1. The molecule has 1 N–H and O–H groups in total. The van der Waals surface area contributed by atoms with Crippen molar-refractivity contribution in [1.29, 1.82) is 0 Å². The third-order valence-electron chi connectivity index (χ3n) is 4.22. The Labute approximate surface area is 138 Å². The van der Waals surface area contributed by atoms with Crippen molar-refractivity contribution in [2.24, 2.45) is 0 Å². The first kappa shape index (κ1) is 17.9. The molecule has 0 aliphatic carbocycles. The predicted molar refractivity (Wildman–Crippen MR) is 88.8 cm³/mol. The molecular formula is C18H27FN2O2. The number of benzene rings is 1. The van der Waals surface area contributed by atoms with Crippen molar-refractivity contribution in [3.63, 3.8) is 0 Å². The Balaban J connectivity index is 1.64. The van der Waals surface area contributed by atoms with Gasteiger partial charge in [-0.25, -0.2) is 4.39 Å². The van der Waals surface area contributed by atoms with Crippen molar-refractivity contribution in [1.82, 2.24) is 10.2 Å². The van der Waals surface area contributed by atoms with Gasteiger partial charge < -0.3 is 10.1 Å². The van der Waals surface area contributed by atoms with E-state index >= 15 is 0 Å². The third kappa shape index (κ3) is 5.92. The second-order valence-electron chi connectivity index (χ2n) is 6.33. The summed E-state index contributed by atoms with van der Waals surface area (Å²) in [5.74, 6) is -0.169. The molecule has 0 unspecified atom stereocenters. The van der Waals surface area contributed by atoms with E-state index in [0.29, 0.717) is 37.6 Å². The minimum Gasteiger partial charge on any atom is -0.375 e. The van der Waals surface area contributed by atoms with Crippen LogP contribution in [0, 0.1) is 5.82 Å². The van der Waals surface area contributed by atoms with E-state index in [4.69, 9.17) is 4.74 Å². The van der Waals surface area contributed by atoms with Gasteiger partial charge in [0, 0.05) is 25.7 Å². The van der Waals surface area contributed by atoms with E-state index in [9.17, 15) is 9.18 Å². The van der Waals surface area contributed by atoms with Gasteiger partial charge in [-0.3, -0.25) is 9.69 Å². The summed E-state index contributed by atoms with van der Waals surface area (Å²) in [7, 11) is 0. The molecule has 4 nitrogen and oxygen atoms in total. The van der Waals surface area contributed by atoms with Crippen LogP contribution in [-0.4, -0.2) is 49.2 Å². The van der Waals surface area contributed by atoms with Gasteiger partial charge in [-0.15, -0.1) is 0 Å². The molecule has 1 aromatic carbocycles. The van der Waals surface area contributed by atoms with Crippen LogP contribution in [-0.2, 0) is 16.0 Å². The molecule has 1 aliphatic rings. The number of morpholine rings is 1. The highest BCUT2D eigenvalue weighted by atomic mass is 19.1. The van der Waals surface area contributed by atoms with Gasteiger partial charge in [-0.1, -0.05) is 18.2 Å². The molecule has 0 saturated carbocycles.